The predicted octanol–water partition coefficient (Wildman–Crippen LogP) is 1.56. The van der Waals surface area contributed by atoms with Crippen molar-refractivity contribution in [2.45, 2.75) is 20.8 Å². The van der Waals surface area contributed by atoms with Crippen molar-refractivity contribution in [2.75, 3.05) is 24.2 Å². The van der Waals surface area contributed by atoms with E-state index in [1.165, 1.54) is 0 Å². The molecule has 0 aliphatic carbocycles. The van der Waals surface area contributed by atoms with Crippen LogP contribution < -0.4 is 10.6 Å². The summed E-state index contributed by atoms with van der Waals surface area (Å²) in [6.07, 6.45) is 3.48. The maximum absolute atomic E-state index is 4.35. The molecule has 0 saturated carbocycles. The molecule has 2 rings (SSSR count). The van der Waals surface area contributed by atoms with Gasteiger partial charge in [-0.25, -0.2) is 4.68 Å². The number of anilines is 2. The van der Waals surface area contributed by atoms with Crippen LogP contribution in [0.1, 0.15) is 20.8 Å². The Hall–Kier alpha value is -2.18. The zero-order valence-electron chi connectivity index (χ0n) is 11.7. The SMILES string of the molecule is CNc1nc(NCC(C)(C)C)nc(-n2cccn2)n1. The summed E-state index contributed by atoms with van der Waals surface area (Å²) in [5.74, 6) is 1.54. The molecular formula is C12H19N7. The molecule has 7 heteroatoms. The fourth-order valence-electron chi connectivity index (χ4n) is 1.39. The average Bonchev–Trinajstić information content (AvgIpc) is 2.89. The normalized spacial score (nSPS) is 11.4. The Morgan fingerprint density at radius 2 is 1.89 bits per heavy atom. The van der Waals surface area contributed by atoms with Crippen LogP contribution in [0.25, 0.3) is 5.95 Å². The van der Waals surface area contributed by atoms with E-state index in [2.05, 4.69) is 51.5 Å². The minimum atomic E-state index is 0.151. The standard InChI is InChI=1S/C12H19N7/c1-12(2,3)8-14-10-16-9(13-4)17-11(18-10)19-7-5-6-15-19/h5-7H,8H2,1-4H3,(H2,13,14,16,17,18). The topological polar surface area (TPSA) is 80.5 Å². The second-order valence-electron chi connectivity index (χ2n) is 5.40. The van der Waals surface area contributed by atoms with E-state index in [1.54, 1.807) is 24.1 Å². The fraction of sp³-hybridized carbons (Fsp3) is 0.500. The Morgan fingerprint density at radius 1 is 1.16 bits per heavy atom. The third kappa shape index (κ3) is 3.64. The van der Waals surface area contributed by atoms with Gasteiger partial charge in [-0.1, -0.05) is 20.8 Å². The van der Waals surface area contributed by atoms with Crippen molar-refractivity contribution >= 4 is 11.9 Å². The van der Waals surface area contributed by atoms with E-state index < -0.39 is 0 Å². The third-order valence-electron chi connectivity index (χ3n) is 2.33. The van der Waals surface area contributed by atoms with Crippen LogP contribution in [-0.4, -0.2) is 38.3 Å². The molecule has 19 heavy (non-hydrogen) atoms. The van der Waals surface area contributed by atoms with Gasteiger partial charge in [0, 0.05) is 26.0 Å². The van der Waals surface area contributed by atoms with Gasteiger partial charge < -0.3 is 10.6 Å². The van der Waals surface area contributed by atoms with E-state index in [-0.39, 0.29) is 5.41 Å². The average molecular weight is 261 g/mol. The lowest BCUT2D eigenvalue weighted by atomic mass is 9.97. The monoisotopic (exact) mass is 261 g/mol. The van der Waals surface area contributed by atoms with Crippen molar-refractivity contribution in [2.24, 2.45) is 5.41 Å². The smallest absolute Gasteiger partial charge is 0.257 e. The molecule has 0 amide bonds. The van der Waals surface area contributed by atoms with Crippen molar-refractivity contribution < 1.29 is 0 Å². The molecule has 0 spiro atoms. The van der Waals surface area contributed by atoms with Gasteiger partial charge in [-0.3, -0.25) is 0 Å². The van der Waals surface area contributed by atoms with Gasteiger partial charge in [0.2, 0.25) is 11.9 Å². The largest absolute Gasteiger partial charge is 0.357 e. The van der Waals surface area contributed by atoms with Crippen LogP contribution in [0.4, 0.5) is 11.9 Å². The van der Waals surface area contributed by atoms with Crippen molar-refractivity contribution in [3.63, 3.8) is 0 Å². The van der Waals surface area contributed by atoms with Gasteiger partial charge in [-0.05, 0) is 11.5 Å². The number of rotatable bonds is 4. The van der Waals surface area contributed by atoms with Gasteiger partial charge in [0.05, 0.1) is 0 Å². The van der Waals surface area contributed by atoms with Crippen LogP contribution in [0.2, 0.25) is 0 Å². The zero-order valence-corrected chi connectivity index (χ0v) is 11.7. The summed E-state index contributed by atoms with van der Waals surface area (Å²) >= 11 is 0. The van der Waals surface area contributed by atoms with Crippen molar-refractivity contribution in [3.05, 3.63) is 18.5 Å². The molecule has 102 valence electrons. The highest BCUT2D eigenvalue weighted by Crippen LogP contribution is 2.14. The molecular weight excluding hydrogens is 242 g/mol. The maximum Gasteiger partial charge on any atom is 0.257 e. The first-order valence-electron chi connectivity index (χ1n) is 6.16. The molecule has 0 aromatic carbocycles. The van der Waals surface area contributed by atoms with Gasteiger partial charge >= 0.3 is 0 Å². The summed E-state index contributed by atoms with van der Waals surface area (Å²) in [7, 11) is 1.77. The van der Waals surface area contributed by atoms with E-state index >= 15 is 0 Å². The van der Waals surface area contributed by atoms with Crippen LogP contribution in [0.15, 0.2) is 18.5 Å². The molecule has 0 saturated heterocycles. The second kappa shape index (κ2) is 5.21. The lowest BCUT2D eigenvalue weighted by Crippen LogP contribution is -2.21. The zero-order chi connectivity index (χ0) is 13.9. The summed E-state index contributed by atoms with van der Waals surface area (Å²) in [6, 6.07) is 1.82. The number of hydrogen-bond donors (Lipinski definition) is 2. The summed E-state index contributed by atoms with van der Waals surface area (Å²) in [5, 5.41) is 10.3. The Morgan fingerprint density at radius 3 is 2.47 bits per heavy atom. The highest BCUT2D eigenvalue weighted by molar-refractivity contribution is 5.37. The number of nitrogens with zero attached hydrogens (tertiary/aromatic N) is 5. The minimum absolute atomic E-state index is 0.151. The summed E-state index contributed by atoms with van der Waals surface area (Å²) < 4.78 is 1.60. The molecule has 0 aliphatic heterocycles. The van der Waals surface area contributed by atoms with Crippen LogP contribution in [0.3, 0.4) is 0 Å². The molecule has 2 N–H and O–H groups in total. The number of nitrogens with one attached hydrogen (secondary N) is 2. The molecule has 7 nitrogen and oxygen atoms in total. The summed E-state index contributed by atoms with van der Waals surface area (Å²) in [5.41, 5.74) is 0.151. The van der Waals surface area contributed by atoms with Crippen molar-refractivity contribution in [3.8, 4) is 5.95 Å². The molecule has 0 unspecified atom stereocenters. The van der Waals surface area contributed by atoms with Crippen LogP contribution >= 0.6 is 0 Å². The first-order chi connectivity index (χ1) is 8.98. The lowest BCUT2D eigenvalue weighted by Gasteiger charge is -2.18. The Labute approximate surface area is 112 Å². The summed E-state index contributed by atoms with van der Waals surface area (Å²) in [6.45, 7) is 7.22. The first kappa shape index (κ1) is 13.3. The van der Waals surface area contributed by atoms with Crippen molar-refractivity contribution in [1.29, 1.82) is 0 Å². The molecule has 0 aliphatic rings. The third-order valence-corrected chi connectivity index (χ3v) is 2.33. The van der Waals surface area contributed by atoms with Gasteiger partial charge in [0.1, 0.15) is 0 Å². The van der Waals surface area contributed by atoms with Crippen molar-refractivity contribution in [1.82, 2.24) is 24.7 Å². The van der Waals surface area contributed by atoms with Crippen LogP contribution in [0.5, 0.6) is 0 Å². The molecule has 0 bridgehead atoms. The molecule has 0 fully saturated rings. The van der Waals surface area contributed by atoms with E-state index in [1.807, 2.05) is 6.07 Å². The van der Waals surface area contributed by atoms with E-state index in [0.717, 1.165) is 6.54 Å². The van der Waals surface area contributed by atoms with Gasteiger partial charge in [0.15, 0.2) is 0 Å². The highest BCUT2D eigenvalue weighted by atomic mass is 15.4. The van der Waals surface area contributed by atoms with Gasteiger partial charge in [-0.15, -0.1) is 0 Å². The molecule has 2 aromatic heterocycles. The second-order valence-corrected chi connectivity index (χ2v) is 5.40. The molecule has 0 atom stereocenters. The summed E-state index contributed by atoms with van der Waals surface area (Å²) in [4.78, 5) is 12.9. The van der Waals surface area contributed by atoms with E-state index in [4.69, 9.17) is 0 Å². The molecule has 0 radical (unpaired) electrons. The van der Waals surface area contributed by atoms with Crippen LogP contribution in [0, 0.1) is 5.41 Å². The number of aromatic nitrogens is 5. The van der Waals surface area contributed by atoms with Crippen LogP contribution in [-0.2, 0) is 0 Å². The van der Waals surface area contributed by atoms with Gasteiger partial charge in [0.25, 0.3) is 5.95 Å². The van der Waals surface area contributed by atoms with E-state index in [0.29, 0.717) is 17.8 Å². The highest BCUT2D eigenvalue weighted by Gasteiger charge is 2.12. The first-order valence-corrected chi connectivity index (χ1v) is 6.16. The minimum Gasteiger partial charge on any atom is -0.357 e. The van der Waals surface area contributed by atoms with E-state index in [9.17, 15) is 0 Å². The number of hydrogen-bond acceptors (Lipinski definition) is 6. The maximum atomic E-state index is 4.35. The predicted molar refractivity (Wildman–Crippen MR) is 74.4 cm³/mol. The molecule has 2 aromatic rings. The van der Waals surface area contributed by atoms with Gasteiger partial charge in [-0.2, -0.15) is 20.1 Å². The molecule has 2 heterocycles. The Balaban J connectivity index is 2.26. The quantitative estimate of drug-likeness (QED) is 0.869. The Kier molecular flexibility index (Phi) is 3.64. The fourth-order valence-corrected chi connectivity index (χ4v) is 1.39. The lowest BCUT2D eigenvalue weighted by molar-refractivity contribution is 0.441. The Bertz CT molecular complexity index is 528.